The highest BCUT2D eigenvalue weighted by molar-refractivity contribution is 5.84. The molecule has 0 bridgehead atoms. The van der Waals surface area contributed by atoms with Crippen molar-refractivity contribution in [2.75, 3.05) is 0 Å². The van der Waals surface area contributed by atoms with E-state index in [1.165, 1.54) is 6.33 Å². The fourth-order valence-electron chi connectivity index (χ4n) is 7.97. The van der Waals surface area contributed by atoms with Crippen molar-refractivity contribution in [2.24, 2.45) is 17.3 Å². The van der Waals surface area contributed by atoms with Gasteiger partial charge in [0.1, 0.15) is 23.3 Å². The van der Waals surface area contributed by atoms with Crippen molar-refractivity contribution in [3.8, 4) is 0 Å². The van der Waals surface area contributed by atoms with Crippen LogP contribution in [0.4, 0.5) is 8.78 Å². The van der Waals surface area contributed by atoms with E-state index in [1.54, 1.807) is 6.20 Å². The number of hydrogen-bond acceptors (Lipinski definition) is 4. The Morgan fingerprint density at radius 3 is 2.79 bits per heavy atom. The van der Waals surface area contributed by atoms with Crippen molar-refractivity contribution in [3.05, 3.63) is 42.4 Å². The van der Waals surface area contributed by atoms with Gasteiger partial charge in [0, 0.05) is 30.3 Å². The van der Waals surface area contributed by atoms with Crippen LogP contribution in [0.1, 0.15) is 70.3 Å². The van der Waals surface area contributed by atoms with E-state index in [4.69, 9.17) is 0 Å². The summed E-state index contributed by atoms with van der Waals surface area (Å²) in [6, 6.07) is 6.11. The summed E-state index contributed by atoms with van der Waals surface area (Å²) >= 11 is 0. The number of benzene rings is 1. The largest absolute Gasteiger partial charge is 0.393 e. The first kappa shape index (κ1) is 21.6. The fourth-order valence-corrected chi connectivity index (χ4v) is 7.97. The van der Waals surface area contributed by atoms with Crippen LogP contribution in [0, 0.1) is 17.3 Å². The summed E-state index contributed by atoms with van der Waals surface area (Å²) in [6.45, 7) is 2.15. The summed E-state index contributed by atoms with van der Waals surface area (Å²) in [5, 5.41) is 23.2. The van der Waals surface area contributed by atoms with Gasteiger partial charge in [0.05, 0.1) is 11.6 Å². The van der Waals surface area contributed by atoms with Gasteiger partial charge >= 0.3 is 0 Å². The van der Waals surface area contributed by atoms with Gasteiger partial charge in [-0.05, 0) is 79.5 Å². The maximum Gasteiger partial charge on any atom is 0.142 e. The number of aliphatic hydroxyl groups excluding tert-OH is 1. The SMILES string of the molecule is CC12CCC3(F)CC4(F)CC(O)CCC4CC[C@]3(O)C1CC=C2c1ccc2ncncc2c1. The summed E-state index contributed by atoms with van der Waals surface area (Å²) in [7, 11) is 0. The van der Waals surface area contributed by atoms with Crippen molar-refractivity contribution in [3.63, 3.8) is 0 Å². The van der Waals surface area contributed by atoms with Crippen LogP contribution < -0.4 is 0 Å². The third kappa shape index (κ3) is 2.99. The van der Waals surface area contributed by atoms with E-state index in [1.807, 2.05) is 6.07 Å². The van der Waals surface area contributed by atoms with Gasteiger partial charge in [-0.1, -0.05) is 19.1 Å². The van der Waals surface area contributed by atoms with E-state index in [2.05, 4.69) is 35.1 Å². The average molecular weight is 455 g/mol. The third-order valence-corrected chi connectivity index (χ3v) is 9.75. The standard InChI is InChI=1S/C27H32F2N2O2/c1-24-10-11-26(29)15-25(28)13-20(32)4-3-19(25)8-9-27(26,33)23(24)7-5-21(24)17-2-6-22-18(12-17)14-30-16-31-22/h2,5-6,12,14,16,19-20,23,32-33H,3-4,7-11,13,15H2,1H3/t19?,20?,23?,24?,25?,26?,27-/m0/s1. The molecule has 1 aromatic carbocycles. The Morgan fingerprint density at radius 1 is 1.09 bits per heavy atom. The van der Waals surface area contributed by atoms with Gasteiger partial charge in [-0.15, -0.1) is 0 Å². The molecular formula is C27H32F2N2O2. The van der Waals surface area contributed by atoms with Gasteiger partial charge in [-0.3, -0.25) is 0 Å². The molecule has 6 heteroatoms. The lowest BCUT2D eigenvalue weighted by Crippen LogP contribution is -2.63. The minimum atomic E-state index is -1.97. The second-order valence-corrected chi connectivity index (χ2v) is 11.4. The van der Waals surface area contributed by atoms with Gasteiger partial charge in [-0.2, -0.15) is 0 Å². The lowest BCUT2D eigenvalue weighted by molar-refractivity contribution is -0.201. The Bertz CT molecular complexity index is 1140. The zero-order valence-corrected chi connectivity index (χ0v) is 19.1. The van der Waals surface area contributed by atoms with Crippen molar-refractivity contribution in [2.45, 2.75) is 87.8 Å². The second kappa shape index (κ2) is 7.05. The van der Waals surface area contributed by atoms with Crippen molar-refractivity contribution in [1.29, 1.82) is 0 Å². The molecule has 7 atom stereocenters. The van der Waals surface area contributed by atoms with Crippen LogP contribution in [-0.4, -0.2) is 43.2 Å². The molecule has 3 fully saturated rings. The summed E-state index contributed by atoms with van der Waals surface area (Å²) in [5.41, 5.74) is -2.59. The molecule has 3 saturated carbocycles. The number of allylic oxidation sites excluding steroid dienone is 2. The van der Waals surface area contributed by atoms with E-state index in [0.29, 0.717) is 32.1 Å². The van der Waals surface area contributed by atoms with Crippen molar-refractivity contribution >= 4 is 16.5 Å². The molecule has 6 unspecified atom stereocenters. The van der Waals surface area contributed by atoms with Gasteiger partial charge in [0.25, 0.3) is 0 Å². The van der Waals surface area contributed by atoms with Gasteiger partial charge in [0.2, 0.25) is 0 Å². The highest BCUT2D eigenvalue weighted by Crippen LogP contribution is 2.67. The lowest BCUT2D eigenvalue weighted by atomic mass is 9.52. The molecule has 33 heavy (non-hydrogen) atoms. The highest BCUT2D eigenvalue weighted by Gasteiger charge is 2.69. The summed E-state index contributed by atoms with van der Waals surface area (Å²) in [5.74, 6) is -0.584. The molecule has 0 spiro atoms. The predicted molar refractivity (Wildman–Crippen MR) is 123 cm³/mol. The Hall–Kier alpha value is -1.92. The molecule has 0 radical (unpaired) electrons. The minimum absolute atomic E-state index is 0.00991. The topological polar surface area (TPSA) is 66.2 Å². The molecule has 6 rings (SSSR count). The molecule has 0 saturated heterocycles. The lowest BCUT2D eigenvalue weighted by Gasteiger charge is -2.56. The van der Waals surface area contributed by atoms with Gasteiger partial charge in [0.15, 0.2) is 0 Å². The van der Waals surface area contributed by atoms with Crippen LogP contribution in [0.5, 0.6) is 0 Å². The number of halogens is 2. The van der Waals surface area contributed by atoms with E-state index in [0.717, 1.165) is 22.0 Å². The first-order valence-corrected chi connectivity index (χ1v) is 12.4. The quantitative estimate of drug-likeness (QED) is 0.612. The van der Waals surface area contributed by atoms with Gasteiger partial charge in [-0.25, -0.2) is 18.7 Å². The Balaban J connectivity index is 1.37. The molecule has 0 aliphatic heterocycles. The third-order valence-electron chi connectivity index (χ3n) is 9.75. The van der Waals surface area contributed by atoms with E-state index >= 15 is 8.78 Å². The maximum atomic E-state index is 16.7. The molecule has 4 aliphatic rings. The van der Waals surface area contributed by atoms with Crippen LogP contribution in [0.15, 0.2) is 36.8 Å². The monoisotopic (exact) mass is 454 g/mol. The molecule has 4 nitrogen and oxygen atoms in total. The van der Waals surface area contributed by atoms with E-state index in [-0.39, 0.29) is 42.9 Å². The zero-order valence-electron chi connectivity index (χ0n) is 19.1. The number of hydrogen-bond donors (Lipinski definition) is 2. The zero-order chi connectivity index (χ0) is 23.1. The molecule has 2 aromatic rings. The number of nitrogens with zero attached hydrogens (tertiary/aromatic N) is 2. The smallest absolute Gasteiger partial charge is 0.142 e. The molecule has 1 heterocycles. The first-order chi connectivity index (χ1) is 15.7. The number of rotatable bonds is 1. The van der Waals surface area contributed by atoms with Crippen molar-refractivity contribution in [1.82, 2.24) is 9.97 Å². The fraction of sp³-hybridized carbons (Fsp3) is 0.630. The van der Waals surface area contributed by atoms with Crippen LogP contribution in [0.3, 0.4) is 0 Å². The second-order valence-electron chi connectivity index (χ2n) is 11.4. The molecule has 176 valence electrons. The van der Waals surface area contributed by atoms with E-state index < -0.39 is 23.0 Å². The van der Waals surface area contributed by atoms with Crippen LogP contribution in [0.25, 0.3) is 16.5 Å². The molecular weight excluding hydrogens is 422 g/mol. The summed E-state index contributed by atoms with van der Waals surface area (Å²) in [4.78, 5) is 8.44. The van der Waals surface area contributed by atoms with E-state index in [9.17, 15) is 10.2 Å². The number of aromatic nitrogens is 2. The van der Waals surface area contributed by atoms with Crippen molar-refractivity contribution < 1.29 is 19.0 Å². The summed E-state index contributed by atoms with van der Waals surface area (Å²) < 4.78 is 32.8. The molecule has 0 amide bonds. The Morgan fingerprint density at radius 2 is 1.94 bits per heavy atom. The molecule has 4 aliphatic carbocycles. The maximum absolute atomic E-state index is 16.7. The van der Waals surface area contributed by atoms with Crippen LogP contribution in [0.2, 0.25) is 0 Å². The Kier molecular flexibility index (Phi) is 4.61. The first-order valence-electron chi connectivity index (χ1n) is 12.4. The van der Waals surface area contributed by atoms with Crippen LogP contribution in [-0.2, 0) is 0 Å². The number of fused-ring (bicyclic) bond motifs is 5. The highest BCUT2D eigenvalue weighted by atomic mass is 19.2. The predicted octanol–water partition coefficient (Wildman–Crippen LogP) is 5.33. The van der Waals surface area contributed by atoms with Crippen LogP contribution >= 0.6 is 0 Å². The average Bonchev–Trinajstić information content (AvgIpc) is 3.10. The summed E-state index contributed by atoms with van der Waals surface area (Å²) in [6.07, 6.45) is 7.63. The molecule has 1 aromatic heterocycles. The normalized spacial score (nSPS) is 45.0. The minimum Gasteiger partial charge on any atom is -0.393 e. The molecule has 2 N–H and O–H groups in total. The number of aliphatic hydroxyl groups is 2. The number of alkyl halides is 2. The van der Waals surface area contributed by atoms with Gasteiger partial charge < -0.3 is 10.2 Å². The Labute approximate surface area is 193 Å².